The van der Waals surface area contributed by atoms with Gasteiger partial charge in [-0.2, -0.15) is 0 Å². The average Bonchev–Trinajstić information content (AvgIpc) is 2.33. The van der Waals surface area contributed by atoms with Gasteiger partial charge in [0.05, 0.1) is 12.8 Å². The molecule has 84 valence electrons. The Balaban J connectivity index is 2.21. The van der Waals surface area contributed by atoms with Crippen molar-refractivity contribution in [2.24, 2.45) is 0 Å². The summed E-state index contributed by atoms with van der Waals surface area (Å²) in [4.78, 5) is 14.3. The average molecular weight is 217 g/mol. The molecule has 3 heteroatoms. The van der Waals surface area contributed by atoms with E-state index in [0.29, 0.717) is 6.42 Å². The summed E-state index contributed by atoms with van der Waals surface area (Å²) in [5.41, 5.74) is 3.30. The molecule has 0 radical (unpaired) electrons. The number of ketones is 1. The van der Waals surface area contributed by atoms with Gasteiger partial charge in [0.25, 0.3) is 0 Å². The Morgan fingerprint density at radius 2 is 2.12 bits per heavy atom. The van der Waals surface area contributed by atoms with Gasteiger partial charge in [0.1, 0.15) is 5.75 Å². The third kappa shape index (κ3) is 1.31. The monoisotopic (exact) mass is 217 g/mol. The fourth-order valence-electron chi connectivity index (χ4n) is 2.73. The molecule has 0 aromatic heterocycles. The van der Waals surface area contributed by atoms with Crippen molar-refractivity contribution in [1.29, 1.82) is 0 Å². The lowest BCUT2D eigenvalue weighted by Gasteiger charge is -2.36. The van der Waals surface area contributed by atoms with E-state index in [9.17, 15) is 4.79 Å². The van der Waals surface area contributed by atoms with Crippen LogP contribution in [0, 0.1) is 0 Å². The summed E-state index contributed by atoms with van der Waals surface area (Å²) < 4.78 is 5.26. The second-order valence-electron chi connectivity index (χ2n) is 4.45. The molecule has 0 amide bonds. The van der Waals surface area contributed by atoms with Crippen molar-refractivity contribution in [3.63, 3.8) is 0 Å². The first-order valence-electron chi connectivity index (χ1n) is 5.78. The number of carbonyl (C=O) groups excluding carboxylic acids is 1. The number of rotatable bonds is 1. The molecule has 0 bridgehead atoms. The highest BCUT2D eigenvalue weighted by atomic mass is 16.5. The molecule has 0 aliphatic carbocycles. The SMILES string of the molecule is COc1cc2c3c(c1)C(=O)CCN3CCC2. The highest BCUT2D eigenvalue weighted by Gasteiger charge is 2.28. The standard InChI is InChI=1S/C13H15NO2/c1-16-10-7-9-3-2-5-14-6-4-12(15)11(8-10)13(9)14/h7-8H,2-6H2,1H3. The third-order valence-corrected chi connectivity index (χ3v) is 3.50. The van der Waals surface area contributed by atoms with Crippen LogP contribution in [0.4, 0.5) is 5.69 Å². The number of carbonyl (C=O) groups is 1. The van der Waals surface area contributed by atoms with Crippen molar-refractivity contribution in [2.75, 3.05) is 25.1 Å². The summed E-state index contributed by atoms with van der Waals surface area (Å²) in [6.45, 7) is 1.96. The lowest BCUT2D eigenvalue weighted by atomic mass is 9.91. The molecule has 0 unspecified atom stereocenters. The van der Waals surface area contributed by atoms with Gasteiger partial charge < -0.3 is 9.64 Å². The zero-order chi connectivity index (χ0) is 11.1. The molecule has 0 fully saturated rings. The second kappa shape index (κ2) is 3.51. The first-order chi connectivity index (χ1) is 7.79. The van der Waals surface area contributed by atoms with E-state index in [2.05, 4.69) is 11.0 Å². The van der Waals surface area contributed by atoms with E-state index >= 15 is 0 Å². The number of anilines is 1. The predicted molar refractivity (Wildman–Crippen MR) is 62.5 cm³/mol. The topological polar surface area (TPSA) is 29.5 Å². The van der Waals surface area contributed by atoms with Gasteiger partial charge in [-0.15, -0.1) is 0 Å². The van der Waals surface area contributed by atoms with Crippen LogP contribution >= 0.6 is 0 Å². The molecule has 0 saturated carbocycles. The Bertz CT molecular complexity index is 453. The Morgan fingerprint density at radius 1 is 1.25 bits per heavy atom. The van der Waals surface area contributed by atoms with Crippen LogP contribution in [0.3, 0.4) is 0 Å². The number of Topliss-reactive ketones (excluding diaryl/α,β-unsaturated/α-hetero) is 1. The van der Waals surface area contributed by atoms with Crippen LogP contribution in [0.1, 0.15) is 28.8 Å². The van der Waals surface area contributed by atoms with Crippen molar-refractivity contribution >= 4 is 11.5 Å². The van der Waals surface area contributed by atoms with Gasteiger partial charge in [-0.05, 0) is 30.5 Å². The van der Waals surface area contributed by atoms with Gasteiger partial charge in [-0.1, -0.05) is 0 Å². The molecule has 1 aromatic rings. The minimum Gasteiger partial charge on any atom is -0.497 e. The van der Waals surface area contributed by atoms with Gasteiger partial charge >= 0.3 is 0 Å². The van der Waals surface area contributed by atoms with Crippen molar-refractivity contribution in [3.05, 3.63) is 23.3 Å². The Kier molecular flexibility index (Phi) is 2.13. The number of ether oxygens (including phenoxy) is 1. The Hall–Kier alpha value is -1.51. The Morgan fingerprint density at radius 3 is 2.94 bits per heavy atom. The first-order valence-corrected chi connectivity index (χ1v) is 5.78. The number of hydrogen-bond acceptors (Lipinski definition) is 3. The van der Waals surface area contributed by atoms with E-state index in [1.54, 1.807) is 7.11 Å². The maximum Gasteiger partial charge on any atom is 0.166 e. The van der Waals surface area contributed by atoms with Crippen molar-refractivity contribution in [2.45, 2.75) is 19.3 Å². The number of aryl methyl sites for hydroxylation is 1. The molecule has 2 aliphatic heterocycles. The molecular weight excluding hydrogens is 202 g/mol. The van der Waals surface area contributed by atoms with Gasteiger partial charge in [-0.25, -0.2) is 0 Å². The minimum absolute atomic E-state index is 0.258. The smallest absolute Gasteiger partial charge is 0.166 e. The Labute approximate surface area is 95.0 Å². The largest absolute Gasteiger partial charge is 0.497 e. The number of benzene rings is 1. The lowest BCUT2D eigenvalue weighted by Crippen LogP contribution is -2.36. The lowest BCUT2D eigenvalue weighted by molar-refractivity contribution is 0.0979. The molecule has 16 heavy (non-hydrogen) atoms. The maximum absolute atomic E-state index is 11.9. The predicted octanol–water partition coefficient (Wildman–Crippen LogP) is 2.03. The van der Waals surface area contributed by atoms with Gasteiger partial charge in [0.15, 0.2) is 5.78 Å². The molecule has 2 heterocycles. The molecule has 3 rings (SSSR count). The molecule has 3 nitrogen and oxygen atoms in total. The molecule has 1 aromatic carbocycles. The van der Waals surface area contributed by atoms with Crippen LogP contribution in [0.5, 0.6) is 5.75 Å². The van der Waals surface area contributed by atoms with Crippen LogP contribution in [0.25, 0.3) is 0 Å². The second-order valence-corrected chi connectivity index (χ2v) is 4.45. The minimum atomic E-state index is 0.258. The third-order valence-electron chi connectivity index (χ3n) is 3.50. The van der Waals surface area contributed by atoms with E-state index in [1.165, 1.54) is 17.7 Å². The van der Waals surface area contributed by atoms with Crippen molar-refractivity contribution in [1.82, 2.24) is 0 Å². The fraction of sp³-hybridized carbons (Fsp3) is 0.462. The molecular formula is C13H15NO2. The van der Waals surface area contributed by atoms with Crippen LogP contribution < -0.4 is 9.64 Å². The van der Waals surface area contributed by atoms with Crippen LogP contribution in [-0.2, 0) is 6.42 Å². The summed E-state index contributed by atoms with van der Waals surface area (Å²) in [6, 6.07) is 3.96. The normalized spacial score (nSPS) is 18.3. The summed E-state index contributed by atoms with van der Waals surface area (Å²) in [5.74, 6) is 1.07. The number of nitrogens with zero attached hydrogens (tertiary/aromatic N) is 1. The molecule has 2 aliphatic rings. The first kappa shape index (κ1) is 9.70. The summed E-state index contributed by atoms with van der Waals surface area (Å²) >= 11 is 0. The number of methoxy groups -OCH3 is 1. The molecule has 0 atom stereocenters. The molecule has 0 N–H and O–H groups in total. The van der Waals surface area contributed by atoms with E-state index in [-0.39, 0.29) is 5.78 Å². The van der Waals surface area contributed by atoms with E-state index in [4.69, 9.17) is 4.74 Å². The van der Waals surface area contributed by atoms with E-state index in [0.717, 1.165) is 30.8 Å². The van der Waals surface area contributed by atoms with Gasteiger partial charge in [0, 0.05) is 25.1 Å². The van der Waals surface area contributed by atoms with Crippen molar-refractivity contribution < 1.29 is 9.53 Å². The zero-order valence-corrected chi connectivity index (χ0v) is 9.45. The van der Waals surface area contributed by atoms with Gasteiger partial charge in [0.2, 0.25) is 0 Å². The number of hydrogen-bond donors (Lipinski definition) is 0. The molecule has 0 saturated heterocycles. The van der Waals surface area contributed by atoms with Crippen molar-refractivity contribution in [3.8, 4) is 5.75 Å². The quantitative estimate of drug-likeness (QED) is 0.721. The summed E-state index contributed by atoms with van der Waals surface area (Å²) in [6.07, 6.45) is 2.87. The van der Waals surface area contributed by atoms with E-state index in [1.807, 2.05) is 6.07 Å². The highest BCUT2D eigenvalue weighted by Crippen LogP contribution is 2.37. The maximum atomic E-state index is 11.9. The molecule has 0 spiro atoms. The fourth-order valence-corrected chi connectivity index (χ4v) is 2.73. The summed E-state index contributed by atoms with van der Waals surface area (Å²) in [7, 11) is 1.66. The van der Waals surface area contributed by atoms with Crippen LogP contribution in [0.15, 0.2) is 12.1 Å². The van der Waals surface area contributed by atoms with E-state index < -0.39 is 0 Å². The van der Waals surface area contributed by atoms with Gasteiger partial charge in [-0.3, -0.25) is 4.79 Å². The highest BCUT2D eigenvalue weighted by molar-refractivity contribution is 6.04. The summed E-state index contributed by atoms with van der Waals surface area (Å²) in [5, 5.41) is 0. The van der Waals surface area contributed by atoms with Crippen LogP contribution in [-0.4, -0.2) is 26.0 Å². The zero-order valence-electron chi connectivity index (χ0n) is 9.45. The van der Waals surface area contributed by atoms with Crippen LogP contribution in [0.2, 0.25) is 0 Å².